The van der Waals surface area contributed by atoms with E-state index < -0.39 is 0 Å². The van der Waals surface area contributed by atoms with Crippen LogP contribution in [0, 0.1) is 6.92 Å². The molecule has 132 valence electrons. The lowest BCUT2D eigenvalue weighted by molar-refractivity contribution is -0.126. The number of aryl methyl sites for hydroxylation is 1. The van der Waals surface area contributed by atoms with Crippen LogP contribution in [0.4, 0.5) is 0 Å². The summed E-state index contributed by atoms with van der Waals surface area (Å²) in [5, 5.41) is 2.95. The maximum Gasteiger partial charge on any atom is 0.222 e. The average Bonchev–Trinajstić information content (AvgIpc) is 2.62. The summed E-state index contributed by atoms with van der Waals surface area (Å²) < 4.78 is 5.77. The molecule has 5 nitrogen and oxygen atoms in total. The van der Waals surface area contributed by atoms with Crippen LogP contribution >= 0.6 is 0 Å². The first-order valence-electron chi connectivity index (χ1n) is 8.75. The van der Waals surface area contributed by atoms with Gasteiger partial charge in [-0.2, -0.15) is 0 Å². The largest absolute Gasteiger partial charge is 0.375 e. The van der Waals surface area contributed by atoms with Crippen LogP contribution < -0.4 is 5.32 Å². The van der Waals surface area contributed by atoms with Crippen molar-refractivity contribution >= 4 is 5.91 Å². The van der Waals surface area contributed by atoms with E-state index in [2.05, 4.69) is 39.5 Å². The number of hydrogen-bond donors (Lipinski definition) is 1. The lowest BCUT2D eigenvalue weighted by Crippen LogP contribution is -2.44. The van der Waals surface area contributed by atoms with Gasteiger partial charge < -0.3 is 10.1 Å². The first-order chi connectivity index (χ1) is 12.2. The molecule has 0 saturated carbocycles. The Labute approximate surface area is 149 Å². The second-order valence-corrected chi connectivity index (χ2v) is 6.50. The second-order valence-electron chi connectivity index (χ2n) is 6.50. The Morgan fingerprint density at radius 2 is 2.08 bits per heavy atom. The minimum atomic E-state index is -0.0476. The number of benzene rings is 1. The third-order valence-corrected chi connectivity index (χ3v) is 4.35. The van der Waals surface area contributed by atoms with Crippen molar-refractivity contribution in [3.8, 4) is 0 Å². The molecule has 1 aromatic heterocycles. The number of carbonyl (C=O) groups is 1. The number of carbonyl (C=O) groups excluding carboxylic acids is 1. The molecule has 1 aliphatic rings. The van der Waals surface area contributed by atoms with Crippen molar-refractivity contribution in [1.29, 1.82) is 0 Å². The molecule has 1 aromatic carbocycles. The monoisotopic (exact) mass is 339 g/mol. The van der Waals surface area contributed by atoms with Crippen molar-refractivity contribution in [1.82, 2.24) is 15.2 Å². The number of morpholine rings is 1. The molecular weight excluding hydrogens is 314 g/mol. The zero-order valence-corrected chi connectivity index (χ0v) is 14.6. The van der Waals surface area contributed by atoms with E-state index in [1.54, 1.807) is 6.20 Å². The Morgan fingerprint density at radius 3 is 2.84 bits per heavy atom. The molecule has 1 unspecified atom stereocenters. The minimum absolute atomic E-state index is 0.0205. The Balaban J connectivity index is 1.43. The maximum atomic E-state index is 12.2. The Morgan fingerprint density at radius 1 is 1.24 bits per heavy atom. The highest BCUT2D eigenvalue weighted by Crippen LogP contribution is 2.12. The highest BCUT2D eigenvalue weighted by Gasteiger charge is 2.22. The van der Waals surface area contributed by atoms with Crippen molar-refractivity contribution in [2.24, 2.45) is 0 Å². The van der Waals surface area contributed by atoms with E-state index in [-0.39, 0.29) is 12.0 Å². The summed E-state index contributed by atoms with van der Waals surface area (Å²) in [6.07, 6.45) is 2.15. The number of hydrogen-bond acceptors (Lipinski definition) is 4. The topological polar surface area (TPSA) is 54.5 Å². The lowest BCUT2D eigenvalue weighted by Gasteiger charge is -2.32. The number of aromatic nitrogens is 1. The summed E-state index contributed by atoms with van der Waals surface area (Å²) in [5.41, 5.74) is 3.28. The fourth-order valence-electron chi connectivity index (χ4n) is 2.97. The van der Waals surface area contributed by atoms with E-state index in [1.165, 1.54) is 5.56 Å². The average molecular weight is 339 g/mol. The number of pyridine rings is 1. The normalized spacial score (nSPS) is 18.0. The van der Waals surface area contributed by atoms with Crippen LogP contribution in [0.5, 0.6) is 0 Å². The molecular formula is C20H25N3O2. The van der Waals surface area contributed by atoms with Gasteiger partial charge in [-0.25, -0.2) is 0 Å². The van der Waals surface area contributed by atoms with E-state index in [1.807, 2.05) is 25.1 Å². The Bertz CT molecular complexity index is 673. The predicted octanol–water partition coefficient (Wildman–Crippen LogP) is 2.30. The number of ether oxygens (including phenoxy) is 1. The van der Waals surface area contributed by atoms with E-state index in [9.17, 15) is 4.79 Å². The predicted molar refractivity (Wildman–Crippen MR) is 96.9 cm³/mol. The molecule has 0 aliphatic carbocycles. The number of amides is 1. The zero-order chi connectivity index (χ0) is 17.5. The molecule has 2 heterocycles. The van der Waals surface area contributed by atoms with Gasteiger partial charge >= 0.3 is 0 Å². The maximum absolute atomic E-state index is 12.2. The van der Waals surface area contributed by atoms with Gasteiger partial charge in [0.15, 0.2) is 0 Å². The van der Waals surface area contributed by atoms with Gasteiger partial charge in [0, 0.05) is 38.1 Å². The van der Waals surface area contributed by atoms with Gasteiger partial charge in [0.05, 0.1) is 19.1 Å². The van der Waals surface area contributed by atoms with Gasteiger partial charge in [0.25, 0.3) is 0 Å². The molecule has 1 amide bonds. The van der Waals surface area contributed by atoms with Crippen molar-refractivity contribution in [2.45, 2.75) is 32.5 Å². The molecule has 1 saturated heterocycles. The third kappa shape index (κ3) is 5.66. The molecule has 5 heteroatoms. The fourth-order valence-corrected chi connectivity index (χ4v) is 2.97. The fraction of sp³-hybridized carbons (Fsp3) is 0.400. The van der Waals surface area contributed by atoms with Gasteiger partial charge in [-0.05, 0) is 24.1 Å². The SMILES string of the molecule is Cc1ccc(CNC(=O)CC2CN(Cc3ccccc3)CCO2)cn1. The van der Waals surface area contributed by atoms with Gasteiger partial charge in [-0.1, -0.05) is 36.4 Å². The van der Waals surface area contributed by atoms with Crippen LogP contribution in [0.1, 0.15) is 23.2 Å². The van der Waals surface area contributed by atoms with Crippen LogP contribution in [0.25, 0.3) is 0 Å². The molecule has 1 aliphatic heterocycles. The van der Waals surface area contributed by atoms with Gasteiger partial charge in [-0.15, -0.1) is 0 Å². The third-order valence-electron chi connectivity index (χ3n) is 4.35. The smallest absolute Gasteiger partial charge is 0.222 e. The quantitative estimate of drug-likeness (QED) is 0.877. The lowest BCUT2D eigenvalue weighted by atomic mass is 10.1. The number of rotatable bonds is 6. The number of nitrogens with zero attached hydrogens (tertiary/aromatic N) is 2. The molecule has 0 radical (unpaired) electrons. The van der Waals surface area contributed by atoms with Crippen LogP contribution in [0.3, 0.4) is 0 Å². The Kier molecular flexibility index (Phi) is 6.14. The van der Waals surface area contributed by atoms with Crippen LogP contribution in [0.2, 0.25) is 0 Å². The molecule has 1 atom stereocenters. The van der Waals surface area contributed by atoms with Crippen LogP contribution in [-0.4, -0.2) is 41.6 Å². The van der Waals surface area contributed by atoms with Crippen LogP contribution in [0.15, 0.2) is 48.7 Å². The number of nitrogens with one attached hydrogen (secondary N) is 1. The minimum Gasteiger partial charge on any atom is -0.375 e. The molecule has 3 rings (SSSR count). The van der Waals surface area contributed by atoms with Crippen LogP contribution in [-0.2, 0) is 22.6 Å². The first-order valence-corrected chi connectivity index (χ1v) is 8.75. The standard InChI is InChI=1S/C20H25N3O2/c1-16-7-8-18(12-21-16)13-22-20(24)11-19-15-23(9-10-25-19)14-17-5-3-2-4-6-17/h2-8,12,19H,9-11,13-15H2,1H3,(H,22,24). The second kappa shape index (κ2) is 8.74. The van der Waals surface area contributed by atoms with Gasteiger partial charge in [0.1, 0.15) is 0 Å². The summed E-state index contributed by atoms with van der Waals surface area (Å²) >= 11 is 0. The summed E-state index contributed by atoms with van der Waals surface area (Å²) in [6, 6.07) is 14.3. The summed E-state index contributed by atoms with van der Waals surface area (Å²) in [7, 11) is 0. The van der Waals surface area contributed by atoms with E-state index in [0.29, 0.717) is 19.6 Å². The zero-order valence-electron chi connectivity index (χ0n) is 14.6. The molecule has 0 bridgehead atoms. The molecule has 2 aromatic rings. The highest BCUT2D eigenvalue weighted by molar-refractivity contribution is 5.76. The first kappa shape index (κ1) is 17.6. The summed E-state index contributed by atoms with van der Waals surface area (Å²) in [6.45, 7) is 5.72. The Hall–Kier alpha value is -2.24. The highest BCUT2D eigenvalue weighted by atomic mass is 16.5. The van der Waals surface area contributed by atoms with Crippen molar-refractivity contribution in [3.63, 3.8) is 0 Å². The van der Waals surface area contributed by atoms with Crippen molar-refractivity contribution in [3.05, 3.63) is 65.5 Å². The molecule has 25 heavy (non-hydrogen) atoms. The summed E-state index contributed by atoms with van der Waals surface area (Å²) in [4.78, 5) is 18.8. The molecule has 1 fully saturated rings. The van der Waals surface area contributed by atoms with Crippen molar-refractivity contribution < 1.29 is 9.53 Å². The van der Waals surface area contributed by atoms with E-state index in [4.69, 9.17) is 4.74 Å². The molecule has 0 spiro atoms. The van der Waals surface area contributed by atoms with Gasteiger partial charge in [0.2, 0.25) is 5.91 Å². The van der Waals surface area contributed by atoms with E-state index in [0.717, 1.165) is 30.9 Å². The van der Waals surface area contributed by atoms with Gasteiger partial charge in [-0.3, -0.25) is 14.7 Å². The van der Waals surface area contributed by atoms with E-state index >= 15 is 0 Å². The van der Waals surface area contributed by atoms with Crippen molar-refractivity contribution in [2.75, 3.05) is 19.7 Å². The summed E-state index contributed by atoms with van der Waals surface area (Å²) in [5.74, 6) is 0.0205. The molecule has 1 N–H and O–H groups in total.